The molecule has 0 spiro atoms. The molecule has 1 aliphatic heterocycles. The van der Waals surface area contributed by atoms with E-state index < -0.39 is 17.9 Å². The number of methoxy groups -OCH3 is 1. The fourth-order valence-corrected chi connectivity index (χ4v) is 3.01. The maximum absolute atomic E-state index is 12.3. The van der Waals surface area contributed by atoms with Gasteiger partial charge in [-0.15, -0.1) is 0 Å². The highest BCUT2D eigenvalue weighted by Crippen LogP contribution is 2.32. The van der Waals surface area contributed by atoms with E-state index in [1.165, 1.54) is 0 Å². The third-order valence-corrected chi connectivity index (χ3v) is 4.30. The number of amides is 3. The van der Waals surface area contributed by atoms with E-state index in [9.17, 15) is 14.4 Å². The van der Waals surface area contributed by atoms with Gasteiger partial charge in [0, 0.05) is 5.56 Å². The van der Waals surface area contributed by atoms with Crippen LogP contribution in [0, 0.1) is 0 Å². The van der Waals surface area contributed by atoms with Crippen molar-refractivity contribution in [1.82, 2.24) is 10.6 Å². The molecule has 128 valence electrons. The highest BCUT2D eigenvalue weighted by atomic mass is 16.5. The van der Waals surface area contributed by atoms with Gasteiger partial charge < -0.3 is 14.8 Å². The zero-order chi connectivity index (χ0) is 17.1. The summed E-state index contributed by atoms with van der Waals surface area (Å²) in [7, 11) is 1.55. The molecule has 0 aromatic heterocycles. The first-order valence-electron chi connectivity index (χ1n) is 8.06. The summed E-state index contributed by atoms with van der Waals surface area (Å²) >= 11 is 0. The SMILES string of the molecule is COc1ccc(C(=O)N[C@H]2CC(=O)NC2=O)cc1OC1CCCC1. The molecule has 2 N–H and O–H groups in total. The van der Waals surface area contributed by atoms with Gasteiger partial charge in [0.25, 0.3) is 5.91 Å². The molecule has 1 aromatic rings. The van der Waals surface area contributed by atoms with E-state index in [-0.39, 0.29) is 18.4 Å². The van der Waals surface area contributed by atoms with Crippen LogP contribution in [0.15, 0.2) is 18.2 Å². The van der Waals surface area contributed by atoms with Crippen LogP contribution in [0.5, 0.6) is 11.5 Å². The third-order valence-electron chi connectivity index (χ3n) is 4.30. The van der Waals surface area contributed by atoms with Gasteiger partial charge in [0.15, 0.2) is 11.5 Å². The largest absolute Gasteiger partial charge is 0.493 e. The van der Waals surface area contributed by atoms with Gasteiger partial charge in [-0.05, 0) is 43.9 Å². The summed E-state index contributed by atoms with van der Waals surface area (Å²) in [5.74, 6) is -0.213. The number of ether oxygens (including phenoxy) is 2. The normalized spacial score (nSPS) is 20.8. The molecule has 1 atom stereocenters. The van der Waals surface area contributed by atoms with Gasteiger partial charge in [0.05, 0.1) is 19.6 Å². The van der Waals surface area contributed by atoms with E-state index >= 15 is 0 Å². The van der Waals surface area contributed by atoms with Crippen molar-refractivity contribution in [2.45, 2.75) is 44.2 Å². The Morgan fingerprint density at radius 2 is 1.96 bits per heavy atom. The van der Waals surface area contributed by atoms with E-state index in [4.69, 9.17) is 9.47 Å². The Morgan fingerprint density at radius 3 is 2.58 bits per heavy atom. The van der Waals surface area contributed by atoms with Crippen molar-refractivity contribution in [2.24, 2.45) is 0 Å². The van der Waals surface area contributed by atoms with Crippen LogP contribution >= 0.6 is 0 Å². The Morgan fingerprint density at radius 1 is 1.21 bits per heavy atom. The minimum absolute atomic E-state index is 0.0356. The van der Waals surface area contributed by atoms with Gasteiger partial charge >= 0.3 is 0 Å². The van der Waals surface area contributed by atoms with E-state index in [2.05, 4.69) is 10.6 Å². The Labute approximate surface area is 139 Å². The summed E-state index contributed by atoms with van der Waals surface area (Å²) in [6.45, 7) is 0. The summed E-state index contributed by atoms with van der Waals surface area (Å²) in [5, 5.41) is 4.73. The average Bonchev–Trinajstić information content (AvgIpc) is 3.17. The first-order chi connectivity index (χ1) is 11.6. The number of rotatable bonds is 5. The van der Waals surface area contributed by atoms with Crippen molar-refractivity contribution in [3.05, 3.63) is 23.8 Å². The molecule has 3 amide bonds. The molecule has 0 bridgehead atoms. The van der Waals surface area contributed by atoms with E-state index in [0.29, 0.717) is 17.1 Å². The number of carbonyl (C=O) groups excluding carboxylic acids is 3. The molecule has 24 heavy (non-hydrogen) atoms. The van der Waals surface area contributed by atoms with Crippen molar-refractivity contribution in [1.29, 1.82) is 0 Å². The molecule has 1 aromatic carbocycles. The van der Waals surface area contributed by atoms with Crippen molar-refractivity contribution < 1.29 is 23.9 Å². The predicted octanol–water partition coefficient (Wildman–Crippen LogP) is 1.16. The van der Waals surface area contributed by atoms with Crippen molar-refractivity contribution in [3.8, 4) is 11.5 Å². The molecular formula is C17H20N2O5. The molecule has 7 nitrogen and oxygen atoms in total. The maximum atomic E-state index is 12.3. The molecule has 2 fully saturated rings. The Balaban J connectivity index is 1.73. The Hall–Kier alpha value is -2.57. The van der Waals surface area contributed by atoms with Gasteiger partial charge in [-0.25, -0.2) is 0 Å². The molecule has 0 unspecified atom stereocenters. The zero-order valence-electron chi connectivity index (χ0n) is 13.5. The average molecular weight is 332 g/mol. The Kier molecular flexibility index (Phi) is 4.69. The lowest BCUT2D eigenvalue weighted by Gasteiger charge is -2.17. The fraction of sp³-hybridized carbons (Fsp3) is 0.471. The van der Waals surface area contributed by atoms with Crippen LogP contribution in [0.25, 0.3) is 0 Å². The lowest BCUT2D eigenvalue weighted by molar-refractivity contribution is -0.125. The number of nitrogens with one attached hydrogen (secondary N) is 2. The summed E-state index contributed by atoms with van der Waals surface area (Å²) in [6.07, 6.45) is 4.35. The molecule has 0 radical (unpaired) electrons. The van der Waals surface area contributed by atoms with Crippen molar-refractivity contribution >= 4 is 17.7 Å². The van der Waals surface area contributed by atoms with Crippen LogP contribution < -0.4 is 20.1 Å². The topological polar surface area (TPSA) is 93.7 Å². The van der Waals surface area contributed by atoms with Crippen molar-refractivity contribution in [3.63, 3.8) is 0 Å². The van der Waals surface area contributed by atoms with Gasteiger partial charge in [0.1, 0.15) is 6.04 Å². The molecule has 3 rings (SSSR count). The minimum atomic E-state index is -0.827. The second kappa shape index (κ2) is 6.90. The lowest BCUT2D eigenvalue weighted by atomic mass is 10.1. The summed E-state index contributed by atoms with van der Waals surface area (Å²) in [5.41, 5.74) is 0.357. The highest BCUT2D eigenvalue weighted by Gasteiger charge is 2.32. The number of carbonyl (C=O) groups is 3. The summed E-state index contributed by atoms with van der Waals surface area (Å²) in [4.78, 5) is 35.1. The number of hydrogen-bond acceptors (Lipinski definition) is 5. The summed E-state index contributed by atoms with van der Waals surface area (Å²) in [6, 6.07) is 4.05. The van der Waals surface area contributed by atoms with Gasteiger partial charge in [-0.3, -0.25) is 19.7 Å². The van der Waals surface area contributed by atoms with Crippen LogP contribution in [-0.2, 0) is 9.59 Å². The molecule has 1 saturated carbocycles. The second-order valence-electron chi connectivity index (χ2n) is 6.03. The Bertz CT molecular complexity index is 667. The van der Waals surface area contributed by atoms with Gasteiger partial charge in [-0.1, -0.05) is 0 Å². The number of benzene rings is 1. The lowest BCUT2D eigenvalue weighted by Crippen LogP contribution is -2.40. The van der Waals surface area contributed by atoms with Gasteiger partial charge in [-0.2, -0.15) is 0 Å². The number of imide groups is 1. The third kappa shape index (κ3) is 3.50. The maximum Gasteiger partial charge on any atom is 0.252 e. The standard InChI is InChI=1S/C17H20N2O5/c1-23-13-7-6-10(8-14(13)24-11-4-2-3-5-11)16(21)18-12-9-15(20)19-17(12)22/h6-8,11-12H,2-5,9H2,1H3,(H,18,21)(H,19,20,22)/t12-/m0/s1. The van der Waals surface area contributed by atoms with Crippen LogP contribution in [0.2, 0.25) is 0 Å². The van der Waals surface area contributed by atoms with Crippen LogP contribution in [0.1, 0.15) is 42.5 Å². The monoisotopic (exact) mass is 332 g/mol. The first-order valence-corrected chi connectivity index (χ1v) is 8.06. The van der Waals surface area contributed by atoms with Crippen LogP contribution in [-0.4, -0.2) is 37.0 Å². The molecule has 1 saturated heterocycles. The second-order valence-corrected chi connectivity index (χ2v) is 6.03. The predicted molar refractivity (Wildman–Crippen MR) is 84.9 cm³/mol. The molecule has 1 aliphatic carbocycles. The first kappa shape index (κ1) is 16.3. The molecule has 1 heterocycles. The fourth-order valence-electron chi connectivity index (χ4n) is 3.01. The molecule has 7 heteroatoms. The van der Waals surface area contributed by atoms with Gasteiger partial charge in [0.2, 0.25) is 11.8 Å². The molecule has 2 aliphatic rings. The smallest absolute Gasteiger partial charge is 0.252 e. The van der Waals surface area contributed by atoms with E-state index in [1.54, 1.807) is 25.3 Å². The quantitative estimate of drug-likeness (QED) is 0.789. The zero-order valence-corrected chi connectivity index (χ0v) is 13.5. The number of hydrogen-bond donors (Lipinski definition) is 2. The minimum Gasteiger partial charge on any atom is -0.493 e. The van der Waals surface area contributed by atoms with E-state index in [0.717, 1.165) is 25.7 Å². The summed E-state index contributed by atoms with van der Waals surface area (Å²) < 4.78 is 11.2. The van der Waals surface area contributed by atoms with Crippen molar-refractivity contribution in [2.75, 3.05) is 7.11 Å². The van der Waals surface area contributed by atoms with Crippen LogP contribution in [0.3, 0.4) is 0 Å². The van der Waals surface area contributed by atoms with Crippen LogP contribution in [0.4, 0.5) is 0 Å². The molecular weight excluding hydrogens is 312 g/mol. The van der Waals surface area contributed by atoms with E-state index in [1.807, 2.05) is 0 Å². The highest BCUT2D eigenvalue weighted by molar-refractivity contribution is 6.08.